The number of nitrogens with zero attached hydrogens (tertiary/aromatic N) is 1. The molecule has 2 aromatic rings. The predicted molar refractivity (Wildman–Crippen MR) is 86.5 cm³/mol. The molecule has 1 amide bonds. The average Bonchev–Trinajstić information content (AvgIpc) is 2.48. The molecule has 21 heavy (non-hydrogen) atoms. The smallest absolute Gasteiger partial charge is 0.226 e. The van der Waals surface area contributed by atoms with E-state index >= 15 is 0 Å². The molecular weight excluding hydrogens is 286 g/mol. The number of halogens is 1. The third-order valence-corrected chi connectivity index (χ3v) is 3.19. The Hall–Kier alpha value is -2.07. The summed E-state index contributed by atoms with van der Waals surface area (Å²) in [6, 6.07) is 11.3. The van der Waals surface area contributed by atoms with Gasteiger partial charge in [-0.25, -0.2) is 4.98 Å². The van der Waals surface area contributed by atoms with Crippen molar-refractivity contribution < 1.29 is 4.79 Å². The van der Waals surface area contributed by atoms with Gasteiger partial charge >= 0.3 is 0 Å². The van der Waals surface area contributed by atoms with Crippen LogP contribution in [-0.2, 0) is 11.3 Å². The number of benzene rings is 1. The molecule has 110 valence electrons. The molecule has 0 saturated carbocycles. The summed E-state index contributed by atoms with van der Waals surface area (Å²) in [6.45, 7) is 4.37. The van der Waals surface area contributed by atoms with Gasteiger partial charge in [0.05, 0.1) is 11.9 Å². The van der Waals surface area contributed by atoms with Gasteiger partial charge in [-0.1, -0.05) is 37.6 Å². The van der Waals surface area contributed by atoms with E-state index in [4.69, 9.17) is 11.6 Å². The number of carbonyl (C=O) groups excluding carboxylic acids is 1. The van der Waals surface area contributed by atoms with E-state index in [1.165, 1.54) is 0 Å². The third kappa shape index (κ3) is 4.76. The fourth-order valence-electron chi connectivity index (χ4n) is 1.65. The lowest BCUT2D eigenvalue weighted by Gasteiger charge is -2.09. The summed E-state index contributed by atoms with van der Waals surface area (Å²) >= 11 is 5.84. The lowest BCUT2D eigenvalue weighted by Crippen LogP contribution is -2.17. The Bertz CT molecular complexity index is 594. The maximum absolute atomic E-state index is 11.6. The van der Waals surface area contributed by atoms with E-state index in [1.807, 2.05) is 50.2 Å². The molecule has 0 aliphatic carbocycles. The topological polar surface area (TPSA) is 54.0 Å². The molecule has 2 N–H and O–H groups in total. The van der Waals surface area contributed by atoms with Crippen LogP contribution in [0.2, 0.25) is 5.02 Å². The first-order valence-corrected chi connectivity index (χ1v) is 7.17. The summed E-state index contributed by atoms with van der Waals surface area (Å²) in [5.74, 6) is 0.693. The maximum Gasteiger partial charge on any atom is 0.226 e. The molecule has 0 unspecified atom stereocenters. The Morgan fingerprint density at radius 2 is 1.90 bits per heavy atom. The fourth-order valence-corrected chi connectivity index (χ4v) is 1.78. The van der Waals surface area contributed by atoms with Crippen LogP contribution in [0.5, 0.6) is 0 Å². The van der Waals surface area contributed by atoms with E-state index in [-0.39, 0.29) is 11.8 Å². The van der Waals surface area contributed by atoms with Crippen molar-refractivity contribution in [2.45, 2.75) is 20.4 Å². The van der Waals surface area contributed by atoms with Gasteiger partial charge < -0.3 is 10.6 Å². The second kappa shape index (κ2) is 7.09. The van der Waals surface area contributed by atoms with Crippen LogP contribution in [0.15, 0.2) is 42.6 Å². The minimum absolute atomic E-state index is 0.0151. The van der Waals surface area contributed by atoms with Crippen LogP contribution >= 0.6 is 11.6 Å². The highest BCUT2D eigenvalue weighted by Crippen LogP contribution is 2.13. The van der Waals surface area contributed by atoms with Crippen LogP contribution < -0.4 is 10.6 Å². The van der Waals surface area contributed by atoms with Gasteiger partial charge in [0.25, 0.3) is 0 Å². The molecule has 0 fully saturated rings. The molecule has 0 bridgehead atoms. The number of nitrogens with one attached hydrogen (secondary N) is 2. The van der Waals surface area contributed by atoms with Crippen LogP contribution in [0.4, 0.5) is 11.5 Å². The quantitative estimate of drug-likeness (QED) is 0.879. The zero-order chi connectivity index (χ0) is 15.2. The van der Waals surface area contributed by atoms with Crippen LogP contribution in [0.3, 0.4) is 0 Å². The van der Waals surface area contributed by atoms with Crippen LogP contribution in [0.1, 0.15) is 19.4 Å². The second-order valence-corrected chi connectivity index (χ2v) is 5.49. The average molecular weight is 304 g/mol. The predicted octanol–water partition coefficient (Wildman–Crippen LogP) is 3.94. The van der Waals surface area contributed by atoms with E-state index in [0.29, 0.717) is 12.2 Å². The van der Waals surface area contributed by atoms with Gasteiger partial charge in [-0.2, -0.15) is 0 Å². The molecule has 1 aromatic heterocycles. The van der Waals surface area contributed by atoms with Gasteiger partial charge in [0.15, 0.2) is 0 Å². The van der Waals surface area contributed by atoms with Gasteiger partial charge in [-0.3, -0.25) is 4.79 Å². The molecule has 0 spiro atoms. The van der Waals surface area contributed by atoms with Crippen molar-refractivity contribution in [3.63, 3.8) is 0 Å². The third-order valence-electron chi connectivity index (χ3n) is 2.94. The number of anilines is 2. The fraction of sp³-hybridized carbons (Fsp3) is 0.250. The van der Waals surface area contributed by atoms with Crippen molar-refractivity contribution in [3.05, 3.63) is 53.2 Å². The Labute approximate surface area is 129 Å². The molecular formula is C16H18ClN3O. The Morgan fingerprint density at radius 1 is 1.19 bits per heavy atom. The van der Waals surface area contributed by atoms with Gasteiger partial charge in [-0.05, 0) is 29.8 Å². The van der Waals surface area contributed by atoms with Crippen molar-refractivity contribution in [1.82, 2.24) is 4.98 Å². The largest absolute Gasteiger partial charge is 0.366 e. The number of hydrogen-bond donors (Lipinski definition) is 2. The number of rotatable bonds is 5. The minimum Gasteiger partial charge on any atom is -0.366 e. The van der Waals surface area contributed by atoms with Crippen molar-refractivity contribution in [2.75, 3.05) is 10.6 Å². The van der Waals surface area contributed by atoms with Crippen molar-refractivity contribution in [2.24, 2.45) is 5.92 Å². The minimum atomic E-state index is -0.0484. The number of carbonyl (C=O) groups is 1. The summed E-state index contributed by atoms with van der Waals surface area (Å²) in [7, 11) is 0. The lowest BCUT2D eigenvalue weighted by atomic mass is 10.2. The first-order chi connectivity index (χ1) is 10.0. The standard InChI is InChI=1S/C16H18ClN3O/c1-11(2)16(21)20-14-7-8-15(19-10-14)18-9-12-3-5-13(17)6-4-12/h3-8,10-11H,9H2,1-2H3,(H,18,19)(H,20,21). The first-order valence-electron chi connectivity index (χ1n) is 6.80. The zero-order valence-corrected chi connectivity index (χ0v) is 12.8. The zero-order valence-electron chi connectivity index (χ0n) is 12.1. The molecule has 4 nitrogen and oxygen atoms in total. The Balaban J connectivity index is 1.90. The van der Waals surface area contributed by atoms with E-state index in [1.54, 1.807) is 6.20 Å². The molecule has 5 heteroatoms. The SMILES string of the molecule is CC(C)C(=O)Nc1ccc(NCc2ccc(Cl)cc2)nc1. The second-order valence-electron chi connectivity index (χ2n) is 5.06. The highest BCUT2D eigenvalue weighted by Gasteiger charge is 2.07. The van der Waals surface area contributed by atoms with Gasteiger partial charge in [0, 0.05) is 17.5 Å². The van der Waals surface area contributed by atoms with Crippen LogP contribution in [0.25, 0.3) is 0 Å². The highest BCUT2D eigenvalue weighted by atomic mass is 35.5. The van der Waals surface area contributed by atoms with Crippen molar-refractivity contribution in [3.8, 4) is 0 Å². The van der Waals surface area contributed by atoms with E-state index in [2.05, 4.69) is 15.6 Å². The van der Waals surface area contributed by atoms with Crippen LogP contribution in [-0.4, -0.2) is 10.9 Å². The summed E-state index contributed by atoms with van der Waals surface area (Å²) in [4.78, 5) is 15.8. The maximum atomic E-state index is 11.6. The van der Waals surface area contributed by atoms with E-state index in [0.717, 1.165) is 16.4 Å². The van der Waals surface area contributed by atoms with E-state index in [9.17, 15) is 4.79 Å². The van der Waals surface area contributed by atoms with E-state index < -0.39 is 0 Å². The molecule has 0 atom stereocenters. The lowest BCUT2D eigenvalue weighted by molar-refractivity contribution is -0.118. The van der Waals surface area contributed by atoms with Crippen molar-refractivity contribution >= 4 is 29.0 Å². The molecule has 0 radical (unpaired) electrons. The molecule has 0 saturated heterocycles. The molecule has 1 heterocycles. The Morgan fingerprint density at radius 3 is 2.48 bits per heavy atom. The number of hydrogen-bond acceptors (Lipinski definition) is 3. The number of pyridine rings is 1. The van der Waals surface area contributed by atoms with Gasteiger partial charge in [-0.15, -0.1) is 0 Å². The highest BCUT2D eigenvalue weighted by molar-refractivity contribution is 6.30. The first kappa shape index (κ1) is 15.3. The number of amides is 1. The Kier molecular flexibility index (Phi) is 5.17. The molecule has 2 rings (SSSR count). The van der Waals surface area contributed by atoms with Crippen LogP contribution in [0, 0.1) is 5.92 Å². The summed E-state index contributed by atoms with van der Waals surface area (Å²) in [6.07, 6.45) is 1.64. The summed E-state index contributed by atoms with van der Waals surface area (Å²) in [5, 5.41) is 6.75. The normalized spacial score (nSPS) is 10.5. The molecule has 0 aliphatic rings. The summed E-state index contributed by atoms with van der Waals surface area (Å²) in [5.41, 5.74) is 1.82. The number of aromatic nitrogens is 1. The van der Waals surface area contributed by atoms with Gasteiger partial charge in [0.2, 0.25) is 5.91 Å². The molecule has 0 aliphatic heterocycles. The summed E-state index contributed by atoms with van der Waals surface area (Å²) < 4.78 is 0. The molecule has 1 aromatic carbocycles. The van der Waals surface area contributed by atoms with Crippen molar-refractivity contribution in [1.29, 1.82) is 0 Å². The monoisotopic (exact) mass is 303 g/mol. The van der Waals surface area contributed by atoms with Gasteiger partial charge in [0.1, 0.15) is 5.82 Å².